The van der Waals surface area contributed by atoms with Crippen LogP contribution in [0.1, 0.15) is 56.0 Å². The van der Waals surface area contributed by atoms with Gasteiger partial charge in [0.2, 0.25) is 5.96 Å². The molecular formula is C25H36N6OS. The number of likely N-dealkylation sites (tertiary alicyclic amines) is 1. The van der Waals surface area contributed by atoms with E-state index in [0.717, 1.165) is 64.0 Å². The summed E-state index contributed by atoms with van der Waals surface area (Å²) in [6.07, 6.45) is 8.25. The third-order valence-corrected chi connectivity index (χ3v) is 8.12. The molecule has 1 aromatic heterocycles. The normalized spacial score (nSPS) is 21.5. The average Bonchev–Trinajstić information content (AvgIpc) is 3.22. The fourth-order valence-corrected chi connectivity index (χ4v) is 6.10. The molecule has 1 aliphatic heterocycles. The number of guanidine groups is 1. The number of rotatable bonds is 8. The zero-order chi connectivity index (χ0) is 23.2. The lowest BCUT2D eigenvalue weighted by molar-refractivity contribution is 0.0830. The Balaban J connectivity index is 1.25. The Kier molecular flexibility index (Phi) is 7.98. The largest absolute Gasteiger partial charge is 0.494 e. The number of piperidine rings is 1. The molecule has 0 bridgehead atoms. The van der Waals surface area contributed by atoms with E-state index in [1.807, 2.05) is 26.0 Å². The number of nitrogens with two attached hydrogens (primary N) is 2. The fraction of sp³-hybridized carbons (Fsp3) is 0.560. The highest BCUT2D eigenvalue weighted by atomic mass is 32.1. The van der Waals surface area contributed by atoms with Crippen molar-refractivity contribution >= 4 is 23.0 Å². The number of thiazole rings is 1. The highest BCUT2D eigenvalue weighted by Gasteiger charge is 2.30. The van der Waals surface area contributed by atoms with Gasteiger partial charge in [-0.1, -0.05) is 19.3 Å². The van der Waals surface area contributed by atoms with Crippen LogP contribution >= 0.6 is 11.3 Å². The summed E-state index contributed by atoms with van der Waals surface area (Å²) >= 11 is 1.58. The lowest BCUT2D eigenvalue weighted by Crippen LogP contribution is -2.42. The van der Waals surface area contributed by atoms with Gasteiger partial charge in [-0.05, 0) is 75.8 Å². The number of aromatic nitrogens is 1. The minimum Gasteiger partial charge on any atom is -0.494 e. The SMILES string of the molecule is C/C(=N\N=C(N)N)c1sc(-c2ccc(OCCCN3CCC4CCCCC4C3)cc2)nc1C. The van der Waals surface area contributed by atoms with Crippen LogP contribution in [0.2, 0.25) is 0 Å². The van der Waals surface area contributed by atoms with Gasteiger partial charge in [-0.15, -0.1) is 16.4 Å². The summed E-state index contributed by atoms with van der Waals surface area (Å²) in [5.41, 5.74) is 13.5. The molecule has 4 rings (SSSR count). The van der Waals surface area contributed by atoms with Crippen LogP contribution in [0.4, 0.5) is 0 Å². The summed E-state index contributed by atoms with van der Waals surface area (Å²) in [6, 6.07) is 8.18. The van der Waals surface area contributed by atoms with Gasteiger partial charge in [0.15, 0.2) is 0 Å². The molecule has 8 heteroatoms. The summed E-state index contributed by atoms with van der Waals surface area (Å²) in [5, 5.41) is 8.75. The molecule has 2 fully saturated rings. The van der Waals surface area contributed by atoms with Gasteiger partial charge in [0.1, 0.15) is 10.8 Å². The van der Waals surface area contributed by atoms with Crippen molar-refractivity contribution in [3.8, 4) is 16.3 Å². The second kappa shape index (κ2) is 11.1. The predicted octanol–water partition coefficient (Wildman–Crippen LogP) is 4.40. The minimum absolute atomic E-state index is 0.0545. The van der Waals surface area contributed by atoms with E-state index in [1.165, 1.54) is 45.2 Å². The van der Waals surface area contributed by atoms with Gasteiger partial charge < -0.3 is 21.1 Å². The maximum absolute atomic E-state index is 6.01. The molecule has 0 spiro atoms. The first-order chi connectivity index (χ1) is 16.0. The second-order valence-electron chi connectivity index (χ2n) is 9.26. The Morgan fingerprint density at radius 1 is 1.12 bits per heavy atom. The van der Waals surface area contributed by atoms with Crippen LogP contribution in [-0.4, -0.2) is 47.8 Å². The molecule has 1 saturated carbocycles. The Hall–Kier alpha value is -2.45. The molecule has 7 nitrogen and oxygen atoms in total. The summed E-state index contributed by atoms with van der Waals surface area (Å²) in [5.74, 6) is 2.79. The van der Waals surface area contributed by atoms with Crippen LogP contribution in [0.5, 0.6) is 5.75 Å². The monoisotopic (exact) mass is 468 g/mol. The quantitative estimate of drug-likeness (QED) is 0.259. The Morgan fingerprint density at radius 2 is 1.88 bits per heavy atom. The van der Waals surface area contributed by atoms with Crippen LogP contribution in [-0.2, 0) is 0 Å². The highest BCUT2D eigenvalue weighted by Crippen LogP contribution is 2.36. The average molecular weight is 469 g/mol. The van der Waals surface area contributed by atoms with E-state index < -0.39 is 0 Å². The van der Waals surface area contributed by atoms with Gasteiger partial charge in [0, 0.05) is 18.7 Å². The van der Waals surface area contributed by atoms with Crippen molar-refractivity contribution in [1.29, 1.82) is 0 Å². The first-order valence-corrected chi connectivity index (χ1v) is 12.9. The van der Waals surface area contributed by atoms with Crippen molar-refractivity contribution in [2.24, 2.45) is 33.5 Å². The van der Waals surface area contributed by atoms with Crippen molar-refractivity contribution in [2.45, 2.75) is 52.4 Å². The molecule has 2 aliphatic rings. The lowest BCUT2D eigenvalue weighted by atomic mass is 9.75. The molecule has 2 aromatic rings. The topological polar surface area (TPSA) is 102 Å². The van der Waals surface area contributed by atoms with E-state index in [4.69, 9.17) is 21.2 Å². The first kappa shape index (κ1) is 23.7. The van der Waals surface area contributed by atoms with Crippen molar-refractivity contribution in [3.63, 3.8) is 0 Å². The van der Waals surface area contributed by atoms with Gasteiger partial charge in [0.05, 0.1) is 22.9 Å². The van der Waals surface area contributed by atoms with Crippen molar-refractivity contribution in [1.82, 2.24) is 9.88 Å². The van der Waals surface area contributed by atoms with Crippen LogP contribution < -0.4 is 16.2 Å². The molecule has 1 saturated heterocycles. The number of ether oxygens (including phenoxy) is 1. The number of hydrogen-bond donors (Lipinski definition) is 2. The number of fused-ring (bicyclic) bond motifs is 1. The Bertz CT molecular complexity index is 979. The van der Waals surface area contributed by atoms with Crippen LogP contribution in [0.3, 0.4) is 0 Å². The number of benzene rings is 1. The molecular weight excluding hydrogens is 432 g/mol. The number of nitrogens with zero attached hydrogens (tertiary/aromatic N) is 4. The molecule has 33 heavy (non-hydrogen) atoms. The maximum Gasteiger partial charge on any atom is 0.211 e. The van der Waals surface area contributed by atoms with Crippen LogP contribution in [0.25, 0.3) is 10.6 Å². The van der Waals surface area contributed by atoms with E-state index in [2.05, 4.69) is 27.2 Å². The third-order valence-electron chi connectivity index (χ3n) is 6.80. The first-order valence-electron chi connectivity index (χ1n) is 12.1. The Labute approximate surface area is 200 Å². The summed E-state index contributed by atoms with van der Waals surface area (Å²) in [4.78, 5) is 8.33. The second-order valence-corrected chi connectivity index (χ2v) is 10.3. The molecule has 0 radical (unpaired) electrons. The van der Waals surface area contributed by atoms with Crippen molar-refractivity contribution < 1.29 is 4.74 Å². The Morgan fingerprint density at radius 3 is 2.64 bits per heavy atom. The maximum atomic E-state index is 6.01. The van der Waals surface area contributed by atoms with Gasteiger partial charge in [-0.2, -0.15) is 5.10 Å². The molecule has 2 heterocycles. The van der Waals surface area contributed by atoms with E-state index >= 15 is 0 Å². The van der Waals surface area contributed by atoms with Gasteiger partial charge >= 0.3 is 0 Å². The van der Waals surface area contributed by atoms with E-state index in [9.17, 15) is 0 Å². The van der Waals surface area contributed by atoms with Crippen LogP contribution in [0, 0.1) is 18.8 Å². The van der Waals surface area contributed by atoms with E-state index in [-0.39, 0.29) is 5.96 Å². The molecule has 2 unspecified atom stereocenters. The smallest absolute Gasteiger partial charge is 0.211 e. The summed E-state index contributed by atoms with van der Waals surface area (Å²) < 4.78 is 6.01. The van der Waals surface area contributed by atoms with Crippen molar-refractivity contribution in [2.75, 3.05) is 26.2 Å². The zero-order valence-corrected chi connectivity index (χ0v) is 20.6. The molecule has 2 atom stereocenters. The predicted molar refractivity (Wildman–Crippen MR) is 137 cm³/mol. The summed E-state index contributed by atoms with van der Waals surface area (Å²) in [6.45, 7) is 8.31. The van der Waals surface area contributed by atoms with E-state index in [1.54, 1.807) is 11.3 Å². The van der Waals surface area contributed by atoms with Gasteiger partial charge in [-0.25, -0.2) is 4.98 Å². The lowest BCUT2D eigenvalue weighted by Gasteiger charge is -2.41. The molecule has 178 valence electrons. The molecule has 4 N–H and O–H groups in total. The number of aryl methyl sites for hydroxylation is 1. The molecule has 1 aromatic carbocycles. The highest BCUT2D eigenvalue weighted by molar-refractivity contribution is 7.17. The van der Waals surface area contributed by atoms with Gasteiger partial charge in [-0.3, -0.25) is 0 Å². The third kappa shape index (κ3) is 6.32. The number of hydrogen-bond acceptors (Lipinski definition) is 6. The standard InChI is InChI=1S/C25H36N6OS/c1-17-23(18(2)29-30-25(26)27)33-24(28-17)20-8-10-22(11-9-20)32-15-5-13-31-14-12-19-6-3-4-7-21(19)16-31/h8-11,19,21H,3-7,12-16H2,1-2H3,(H4,26,27,30)/b29-18+. The van der Waals surface area contributed by atoms with Gasteiger partial charge in [0.25, 0.3) is 0 Å². The summed E-state index contributed by atoms with van der Waals surface area (Å²) in [7, 11) is 0. The minimum atomic E-state index is -0.0545. The molecule has 0 amide bonds. The zero-order valence-electron chi connectivity index (χ0n) is 19.8. The van der Waals surface area contributed by atoms with E-state index in [0.29, 0.717) is 0 Å². The molecule has 1 aliphatic carbocycles. The van der Waals surface area contributed by atoms with Crippen molar-refractivity contribution in [3.05, 3.63) is 34.8 Å². The fourth-order valence-electron chi connectivity index (χ4n) is 5.08. The van der Waals surface area contributed by atoms with Crippen LogP contribution in [0.15, 0.2) is 34.5 Å².